The third-order valence-electron chi connectivity index (χ3n) is 3.21. The molecule has 1 fully saturated rings. The van der Waals surface area contributed by atoms with E-state index in [9.17, 15) is 0 Å². The molecule has 7 heteroatoms. The van der Waals surface area contributed by atoms with Crippen molar-refractivity contribution in [2.75, 3.05) is 57.6 Å². The maximum absolute atomic E-state index is 5.19. The van der Waals surface area contributed by atoms with E-state index in [4.69, 9.17) is 4.74 Å². The maximum Gasteiger partial charge on any atom is 0.227 e. The van der Waals surface area contributed by atoms with Gasteiger partial charge in [-0.15, -0.1) is 0 Å². The summed E-state index contributed by atoms with van der Waals surface area (Å²) in [6.45, 7) is 4.45. The van der Waals surface area contributed by atoms with Gasteiger partial charge in [-0.2, -0.15) is 4.98 Å². The Morgan fingerprint density at radius 1 is 1.26 bits per heavy atom. The monoisotopic (exact) mass is 329 g/mol. The van der Waals surface area contributed by atoms with Crippen LogP contribution in [-0.4, -0.2) is 62.3 Å². The van der Waals surface area contributed by atoms with E-state index in [1.165, 1.54) is 0 Å². The first-order valence-electron chi connectivity index (χ1n) is 6.32. The third kappa shape index (κ3) is 3.34. The minimum atomic E-state index is 0.471. The van der Waals surface area contributed by atoms with Crippen molar-refractivity contribution in [2.45, 2.75) is 6.61 Å². The Labute approximate surface area is 122 Å². The van der Waals surface area contributed by atoms with Gasteiger partial charge in [-0.25, -0.2) is 4.98 Å². The number of methoxy groups -OCH3 is 1. The summed E-state index contributed by atoms with van der Waals surface area (Å²) in [5.41, 5.74) is 0.871. The molecule has 0 aromatic carbocycles. The molecule has 0 saturated carbocycles. The number of nitrogens with zero attached hydrogens (tertiary/aromatic N) is 4. The predicted molar refractivity (Wildman–Crippen MR) is 79.7 cm³/mol. The van der Waals surface area contributed by atoms with E-state index in [1.807, 2.05) is 7.05 Å². The second-order valence-corrected chi connectivity index (χ2v) is 5.40. The van der Waals surface area contributed by atoms with Crippen LogP contribution in [0.25, 0.3) is 0 Å². The van der Waals surface area contributed by atoms with Gasteiger partial charge in [-0.1, -0.05) is 0 Å². The smallest absolute Gasteiger partial charge is 0.227 e. The standard InChI is InChI=1S/C12H20BrN5O/c1-14-11-10(13)9(8-19-3)15-12(16-11)18-6-4-17(2)5-7-18/h4-8H2,1-3H3,(H,14,15,16). The van der Waals surface area contributed by atoms with Crippen LogP contribution < -0.4 is 10.2 Å². The van der Waals surface area contributed by atoms with Crippen LogP contribution in [-0.2, 0) is 11.3 Å². The molecule has 1 aliphatic heterocycles. The SMILES string of the molecule is CNc1nc(N2CCN(C)CC2)nc(COC)c1Br. The second-order valence-electron chi connectivity index (χ2n) is 4.61. The van der Waals surface area contributed by atoms with Gasteiger partial charge in [0.2, 0.25) is 5.95 Å². The fourth-order valence-corrected chi connectivity index (χ4v) is 2.52. The van der Waals surface area contributed by atoms with Gasteiger partial charge in [0, 0.05) is 40.3 Å². The first-order chi connectivity index (χ1) is 9.15. The zero-order chi connectivity index (χ0) is 13.8. The van der Waals surface area contributed by atoms with Crippen LogP contribution in [0.4, 0.5) is 11.8 Å². The Hall–Kier alpha value is -0.920. The Balaban J connectivity index is 2.27. The molecule has 0 spiro atoms. The third-order valence-corrected chi connectivity index (χ3v) is 4.05. The molecule has 1 saturated heterocycles. The Morgan fingerprint density at radius 2 is 1.95 bits per heavy atom. The van der Waals surface area contributed by atoms with Crippen LogP contribution in [0, 0.1) is 0 Å². The molecule has 106 valence electrons. The summed E-state index contributed by atoms with van der Waals surface area (Å²) in [6, 6.07) is 0. The lowest BCUT2D eigenvalue weighted by atomic mass is 10.3. The Bertz CT molecular complexity index is 434. The summed E-state index contributed by atoms with van der Waals surface area (Å²) in [4.78, 5) is 13.7. The van der Waals surface area contributed by atoms with E-state index >= 15 is 0 Å². The van der Waals surface area contributed by atoms with Crippen molar-refractivity contribution >= 4 is 27.7 Å². The van der Waals surface area contributed by atoms with Crippen molar-refractivity contribution < 1.29 is 4.74 Å². The van der Waals surface area contributed by atoms with Crippen LogP contribution in [0.2, 0.25) is 0 Å². The minimum absolute atomic E-state index is 0.471. The molecule has 2 rings (SSSR count). The minimum Gasteiger partial charge on any atom is -0.378 e. The van der Waals surface area contributed by atoms with Crippen molar-refractivity contribution in [3.05, 3.63) is 10.2 Å². The topological polar surface area (TPSA) is 53.5 Å². The van der Waals surface area contributed by atoms with Gasteiger partial charge in [0.05, 0.1) is 16.8 Å². The summed E-state index contributed by atoms with van der Waals surface area (Å²) >= 11 is 3.52. The Kier molecular flexibility index (Phi) is 4.95. The highest BCUT2D eigenvalue weighted by Gasteiger charge is 2.19. The molecule has 1 aliphatic rings. The molecule has 19 heavy (non-hydrogen) atoms. The summed E-state index contributed by atoms with van der Waals surface area (Å²) < 4.78 is 6.06. The lowest BCUT2D eigenvalue weighted by Crippen LogP contribution is -2.45. The van der Waals surface area contributed by atoms with E-state index in [-0.39, 0.29) is 0 Å². The number of aromatic nitrogens is 2. The molecular formula is C12H20BrN5O. The number of nitrogens with one attached hydrogen (secondary N) is 1. The molecule has 0 atom stereocenters. The molecule has 0 aliphatic carbocycles. The molecule has 6 nitrogen and oxygen atoms in total. The number of hydrogen-bond acceptors (Lipinski definition) is 6. The molecule has 1 aromatic rings. The second kappa shape index (κ2) is 6.49. The number of hydrogen-bond donors (Lipinski definition) is 1. The largest absolute Gasteiger partial charge is 0.378 e. The summed E-state index contributed by atoms with van der Waals surface area (Å²) in [6.07, 6.45) is 0. The molecule has 0 amide bonds. The van der Waals surface area contributed by atoms with Gasteiger partial charge in [0.25, 0.3) is 0 Å². The quantitative estimate of drug-likeness (QED) is 0.895. The van der Waals surface area contributed by atoms with Gasteiger partial charge in [-0.05, 0) is 23.0 Å². The maximum atomic E-state index is 5.19. The highest BCUT2D eigenvalue weighted by Crippen LogP contribution is 2.26. The van der Waals surface area contributed by atoms with Crippen molar-refractivity contribution in [3.63, 3.8) is 0 Å². The van der Waals surface area contributed by atoms with Crippen molar-refractivity contribution in [1.82, 2.24) is 14.9 Å². The average molecular weight is 330 g/mol. The fourth-order valence-electron chi connectivity index (χ4n) is 2.03. The van der Waals surface area contributed by atoms with Crippen LogP contribution in [0.15, 0.2) is 4.47 Å². The summed E-state index contributed by atoms with van der Waals surface area (Å²) in [5, 5.41) is 3.09. The highest BCUT2D eigenvalue weighted by molar-refractivity contribution is 9.10. The fraction of sp³-hybridized carbons (Fsp3) is 0.667. The van der Waals surface area contributed by atoms with Gasteiger partial charge in [-0.3, -0.25) is 0 Å². The van der Waals surface area contributed by atoms with E-state index in [0.717, 1.165) is 48.1 Å². The molecule has 0 radical (unpaired) electrons. The average Bonchev–Trinajstić information content (AvgIpc) is 2.42. The number of halogens is 1. The van der Waals surface area contributed by atoms with Crippen LogP contribution >= 0.6 is 15.9 Å². The van der Waals surface area contributed by atoms with E-state index in [2.05, 4.69) is 48.1 Å². The lowest BCUT2D eigenvalue weighted by molar-refractivity contribution is 0.181. The molecule has 1 N–H and O–H groups in total. The number of rotatable bonds is 4. The first-order valence-corrected chi connectivity index (χ1v) is 7.11. The molecule has 1 aromatic heterocycles. The van der Waals surface area contributed by atoms with Gasteiger partial charge in [0.15, 0.2) is 0 Å². The first kappa shape index (κ1) is 14.5. The number of anilines is 2. The number of piperazine rings is 1. The van der Waals surface area contributed by atoms with Crippen LogP contribution in [0.3, 0.4) is 0 Å². The molecule has 0 bridgehead atoms. The number of likely N-dealkylation sites (N-methyl/N-ethyl adjacent to an activating group) is 1. The zero-order valence-corrected chi connectivity index (χ0v) is 13.2. The van der Waals surface area contributed by atoms with Crippen molar-refractivity contribution in [1.29, 1.82) is 0 Å². The van der Waals surface area contributed by atoms with E-state index in [1.54, 1.807) is 7.11 Å². The van der Waals surface area contributed by atoms with Crippen molar-refractivity contribution in [2.24, 2.45) is 0 Å². The van der Waals surface area contributed by atoms with Gasteiger partial charge >= 0.3 is 0 Å². The Morgan fingerprint density at radius 3 is 2.53 bits per heavy atom. The summed E-state index contributed by atoms with van der Waals surface area (Å²) in [5.74, 6) is 1.57. The van der Waals surface area contributed by atoms with Gasteiger partial charge < -0.3 is 19.9 Å². The van der Waals surface area contributed by atoms with Crippen LogP contribution in [0.1, 0.15) is 5.69 Å². The number of ether oxygens (including phenoxy) is 1. The predicted octanol–water partition coefficient (Wildman–Crippen LogP) is 1.18. The normalized spacial score (nSPS) is 16.7. The summed E-state index contributed by atoms with van der Waals surface area (Å²) in [7, 11) is 5.66. The van der Waals surface area contributed by atoms with E-state index < -0.39 is 0 Å². The zero-order valence-electron chi connectivity index (χ0n) is 11.6. The molecular weight excluding hydrogens is 310 g/mol. The van der Waals surface area contributed by atoms with Crippen LogP contribution in [0.5, 0.6) is 0 Å². The highest BCUT2D eigenvalue weighted by atomic mass is 79.9. The van der Waals surface area contributed by atoms with Gasteiger partial charge in [0.1, 0.15) is 5.82 Å². The molecule has 0 unspecified atom stereocenters. The lowest BCUT2D eigenvalue weighted by Gasteiger charge is -2.32. The van der Waals surface area contributed by atoms with Crippen molar-refractivity contribution in [3.8, 4) is 0 Å². The molecule has 2 heterocycles. The van der Waals surface area contributed by atoms with E-state index in [0.29, 0.717) is 6.61 Å².